The maximum Gasteiger partial charge on any atom is 0.387 e. The van der Waals surface area contributed by atoms with Crippen molar-refractivity contribution in [1.82, 2.24) is 25.3 Å². The average molecular weight is 413 g/mol. The third kappa shape index (κ3) is 4.65. The molecule has 1 amide bonds. The second-order valence-corrected chi connectivity index (χ2v) is 6.79. The van der Waals surface area contributed by atoms with Gasteiger partial charge in [0.15, 0.2) is 11.6 Å². The molecule has 1 atom stereocenters. The standard InChI is InChI=1S/C20H17F2N5O3/c21-20(22)30-13-6-4-12(5-7-13)16(11-2-3-11)27-19(29)14-10-15(28)26-18(25-14)17-23-8-1-9-24-17/h1,4-11,16,20H,2-3H2,(H,27,29)(H,25,26,28). The molecular formula is C20H17F2N5O3. The van der Waals surface area contributed by atoms with E-state index in [1.54, 1.807) is 18.2 Å². The number of nitrogens with zero attached hydrogens (tertiary/aromatic N) is 3. The minimum Gasteiger partial charge on any atom is -0.435 e. The molecule has 1 saturated carbocycles. The Balaban J connectivity index is 1.56. The molecule has 0 bridgehead atoms. The molecule has 2 heterocycles. The van der Waals surface area contributed by atoms with Crippen LogP contribution in [0.2, 0.25) is 0 Å². The lowest BCUT2D eigenvalue weighted by molar-refractivity contribution is -0.0498. The highest BCUT2D eigenvalue weighted by molar-refractivity contribution is 5.92. The second kappa shape index (κ2) is 8.36. The Morgan fingerprint density at radius 1 is 1.17 bits per heavy atom. The Labute approximate surface area is 169 Å². The molecular weight excluding hydrogens is 396 g/mol. The highest BCUT2D eigenvalue weighted by Gasteiger charge is 2.34. The summed E-state index contributed by atoms with van der Waals surface area (Å²) >= 11 is 0. The number of benzene rings is 1. The summed E-state index contributed by atoms with van der Waals surface area (Å²) in [5.41, 5.74) is 0.183. The molecule has 10 heteroatoms. The van der Waals surface area contributed by atoms with Crippen LogP contribution in [0.15, 0.2) is 53.6 Å². The number of carbonyl (C=O) groups excluding carboxylic acids is 1. The van der Waals surface area contributed by atoms with Gasteiger partial charge in [-0.1, -0.05) is 12.1 Å². The van der Waals surface area contributed by atoms with Gasteiger partial charge >= 0.3 is 6.61 Å². The number of hydrogen-bond acceptors (Lipinski definition) is 6. The largest absolute Gasteiger partial charge is 0.435 e. The lowest BCUT2D eigenvalue weighted by Gasteiger charge is -2.19. The molecule has 1 aromatic carbocycles. The van der Waals surface area contributed by atoms with Crippen LogP contribution in [0.25, 0.3) is 11.6 Å². The minimum absolute atomic E-state index is 0.0402. The van der Waals surface area contributed by atoms with Crippen LogP contribution in [0.4, 0.5) is 8.78 Å². The van der Waals surface area contributed by atoms with Crippen molar-refractivity contribution in [2.75, 3.05) is 0 Å². The smallest absolute Gasteiger partial charge is 0.387 e. The predicted octanol–water partition coefficient (Wildman–Crippen LogP) is 2.71. The summed E-state index contributed by atoms with van der Waals surface area (Å²) in [6, 6.07) is 8.51. The van der Waals surface area contributed by atoms with Crippen molar-refractivity contribution in [3.05, 3.63) is 70.4 Å². The molecule has 0 spiro atoms. The number of nitrogens with one attached hydrogen (secondary N) is 2. The average Bonchev–Trinajstić information content (AvgIpc) is 3.57. The van der Waals surface area contributed by atoms with Gasteiger partial charge in [0.25, 0.3) is 11.5 Å². The number of alkyl halides is 2. The van der Waals surface area contributed by atoms with E-state index in [4.69, 9.17) is 0 Å². The molecule has 2 N–H and O–H groups in total. The summed E-state index contributed by atoms with van der Waals surface area (Å²) < 4.78 is 29.0. The fraction of sp³-hybridized carbons (Fsp3) is 0.250. The van der Waals surface area contributed by atoms with Gasteiger partial charge in [0.1, 0.15) is 11.4 Å². The summed E-state index contributed by atoms with van der Waals surface area (Å²) in [6.07, 6.45) is 4.84. The normalized spacial score (nSPS) is 14.4. The van der Waals surface area contributed by atoms with Gasteiger partial charge in [-0.25, -0.2) is 15.0 Å². The van der Waals surface area contributed by atoms with E-state index < -0.39 is 18.1 Å². The van der Waals surface area contributed by atoms with Crippen LogP contribution in [0.3, 0.4) is 0 Å². The molecule has 30 heavy (non-hydrogen) atoms. The van der Waals surface area contributed by atoms with E-state index in [9.17, 15) is 18.4 Å². The van der Waals surface area contributed by atoms with E-state index in [0.29, 0.717) is 0 Å². The third-order valence-corrected chi connectivity index (χ3v) is 4.60. The molecule has 154 valence electrons. The Kier molecular flexibility index (Phi) is 5.46. The number of halogens is 2. The van der Waals surface area contributed by atoms with E-state index in [2.05, 4.69) is 30.0 Å². The molecule has 0 radical (unpaired) electrons. The first-order chi connectivity index (χ1) is 14.5. The zero-order valence-electron chi connectivity index (χ0n) is 15.6. The molecule has 0 saturated heterocycles. The van der Waals surface area contributed by atoms with Crippen molar-refractivity contribution in [2.45, 2.75) is 25.5 Å². The van der Waals surface area contributed by atoms with Gasteiger partial charge in [-0.15, -0.1) is 0 Å². The lowest BCUT2D eigenvalue weighted by atomic mass is 10.0. The number of ether oxygens (including phenoxy) is 1. The van der Waals surface area contributed by atoms with Gasteiger partial charge in [0, 0.05) is 18.5 Å². The Morgan fingerprint density at radius 2 is 1.87 bits per heavy atom. The SMILES string of the molecule is O=C(NC(c1ccc(OC(F)F)cc1)C1CC1)c1cc(=O)[nH]c(-c2ncccn2)n1. The highest BCUT2D eigenvalue weighted by Crippen LogP contribution is 2.41. The first-order valence-electron chi connectivity index (χ1n) is 9.24. The van der Waals surface area contributed by atoms with Crippen molar-refractivity contribution in [1.29, 1.82) is 0 Å². The predicted molar refractivity (Wildman–Crippen MR) is 102 cm³/mol. The van der Waals surface area contributed by atoms with Gasteiger partial charge in [-0.05, 0) is 42.5 Å². The monoisotopic (exact) mass is 413 g/mol. The van der Waals surface area contributed by atoms with E-state index >= 15 is 0 Å². The zero-order valence-corrected chi connectivity index (χ0v) is 15.6. The number of rotatable bonds is 7. The maximum absolute atomic E-state index is 12.8. The number of hydrogen-bond donors (Lipinski definition) is 2. The second-order valence-electron chi connectivity index (χ2n) is 6.79. The van der Waals surface area contributed by atoms with E-state index in [0.717, 1.165) is 24.5 Å². The molecule has 3 aromatic rings. The maximum atomic E-state index is 12.8. The van der Waals surface area contributed by atoms with Crippen molar-refractivity contribution in [3.8, 4) is 17.4 Å². The molecule has 0 aliphatic heterocycles. The summed E-state index contributed by atoms with van der Waals surface area (Å²) in [6.45, 7) is -2.90. The molecule has 2 aromatic heterocycles. The summed E-state index contributed by atoms with van der Waals surface area (Å²) in [5, 5.41) is 2.89. The van der Waals surface area contributed by atoms with Crippen LogP contribution in [0.5, 0.6) is 5.75 Å². The van der Waals surface area contributed by atoms with Crippen LogP contribution in [0, 0.1) is 5.92 Å². The molecule has 1 aliphatic carbocycles. The van der Waals surface area contributed by atoms with Crippen molar-refractivity contribution in [2.24, 2.45) is 5.92 Å². The van der Waals surface area contributed by atoms with Crippen molar-refractivity contribution < 1.29 is 18.3 Å². The first-order valence-corrected chi connectivity index (χ1v) is 9.24. The van der Waals surface area contributed by atoms with Gasteiger partial charge < -0.3 is 15.0 Å². The van der Waals surface area contributed by atoms with Gasteiger partial charge in [-0.2, -0.15) is 8.78 Å². The van der Waals surface area contributed by atoms with Gasteiger partial charge in [0.05, 0.1) is 6.04 Å². The Morgan fingerprint density at radius 3 is 2.50 bits per heavy atom. The van der Waals surface area contributed by atoms with Crippen LogP contribution in [-0.4, -0.2) is 32.5 Å². The number of amides is 1. The quantitative estimate of drug-likeness (QED) is 0.616. The number of aromatic nitrogens is 4. The first kappa shape index (κ1) is 19.6. The lowest BCUT2D eigenvalue weighted by Crippen LogP contribution is -2.31. The van der Waals surface area contributed by atoms with Crippen LogP contribution in [-0.2, 0) is 0 Å². The van der Waals surface area contributed by atoms with E-state index in [1.807, 2.05) is 0 Å². The van der Waals surface area contributed by atoms with Crippen LogP contribution >= 0.6 is 0 Å². The third-order valence-electron chi connectivity index (χ3n) is 4.60. The van der Waals surface area contributed by atoms with Crippen molar-refractivity contribution in [3.63, 3.8) is 0 Å². The van der Waals surface area contributed by atoms with Gasteiger partial charge in [0.2, 0.25) is 0 Å². The highest BCUT2D eigenvalue weighted by atomic mass is 19.3. The van der Waals surface area contributed by atoms with Crippen molar-refractivity contribution >= 4 is 5.91 Å². The fourth-order valence-corrected chi connectivity index (χ4v) is 3.08. The molecule has 1 aliphatic rings. The number of carbonyl (C=O) groups is 1. The van der Waals surface area contributed by atoms with Crippen LogP contribution in [0.1, 0.15) is 34.9 Å². The molecule has 4 rings (SSSR count). The number of H-pyrrole nitrogens is 1. The molecule has 8 nitrogen and oxygen atoms in total. The summed E-state index contributed by atoms with van der Waals surface area (Å²) in [7, 11) is 0. The number of aromatic amines is 1. The van der Waals surface area contributed by atoms with Gasteiger partial charge in [-0.3, -0.25) is 9.59 Å². The minimum atomic E-state index is -2.90. The zero-order chi connectivity index (χ0) is 21.1. The molecule has 1 fully saturated rings. The molecule has 1 unspecified atom stereocenters. The fourth-order valence-electron chi connectivity index (χ4n) is 3.08. The summed E-state index contributed by atoms with van der Waals surface area (Å²) in [4.78, 5) is 39.6. The Bertz CT molecular complexity index is 1090. The van der Waals surface area contributed by atoms with E-state index in [1.165, 1.54) is 24.5 Å². The topological polar surface area (TPSA) is 110 Å². The summed E-state index contributed by atoms with van der Waals surface area (Å²) in [5.74, 6) is 0.0125. The van der Waals surface area contributed by atoms with E-state index in [-0.39, 0.29) is 35.1 Å². The Hall–Kier alpha value is -3.69. The van der Waals surface area contributed by atoms with Crippen LogP contribution < -0.4 is 15.6 Å².